The first-order valence-electron chi connectivity index (χ1n) is 11.2. The lowest BCUT2D eigenvalue weighted by atomic mass is 9.95. The van der Waals surface area contributed by atoms with Gasteiger partial charge in [-0.15, -0.1) is 0 Å². The van der Waals surface area contributed by atoms with Crippen molar-refractivity contribution in [1.29, 1.82) is 0 Å². The number of aryl methyl sites for hydroxylation is 1. The predicted molar refractivity (Wildman–Crippen MR) is 123 cm³/mol. The summed E-state index contributed by atoms with van der Waals surface area (Å²) >= 11 is 0. The zero-order valence-electron chi connectivity index (χ0n) is 17.7. The number of rotatable bonds is 4. The molecule has 1 saturated heterocycles. The molecule has 0 aromatic carbocycles. The van der Waals surface area contributed by atoms with Gasteiger partial charge in [0.15, 0.2) is 0 Å². The normalized spacial score (nSPS) is 18.0. The van der Waals surface area contributed by atoms with Gasteiger partial charge in [-0.2, -0.15) is 0 Å². The molecule has 1 aliphatic heterocycles. The summed E-state index contributed by atoms with van der Waals surface area (Å²) in [4.78, 5) is 16.6. The highest BCUT2D eigenvalue weighted by molar-refractivity contribution is 5.97. The average Bonchev–Trinajstić information content (AvgIpc) is 2.81. The summed E-state index contributed by atoms with van der Waals surface area (Å²) in [6.07, 6.45) is 12.2. The van der Waals surface area contributed by atoms with Crippen LogP contribution in [0.3, 0.4) is 0 Å². The highest BCUT2D eigenvalue weighted by Gasteiger charge is 2.20. The van der Waals surface area contributed by atoms with E-state index in [1.165, 1.54) is 48.4 Å². The second kappa shape index (κ2) is 8.56. The number of piperazine rings is 1. The van der Waals surface area contributed by atoms with E-state index in [4.69, 9.17) is 4.98 Å². The third-order valence-electron chi connectivity index (χ3n) is 6.45. The SMILES string of the molecule is Cc1c(-c2ccnc(NC3CCCCC3)c2)nc(N2CCNCC2)c2ccncc12. The molecule has 2 fully saturated rings. The van der Waals surface area contributed by atoms with E-state index >= 15 is 0 Å². The van der Waals surface area contributed by atoms with Crippen LogP contribution in [0.1, 0.15) is 37.7 Å². The minimum Gasteiger partial charge on any atom is -0.367 e. The molecule has 6 nitrogen and oxygen atoms in total. The van der Waals surface area contributed by atoms with Gasteiger partial charge in [0.2, 0.25) is 0 Å². The Balaban J connectivity index is 1.55. The molecule has 0 bridgehead atoms. The van der Waals surface area contributed by atoms with Gasteiger partial charge >= 0.3 is 0 Å². The fourth-order valence-electron chi connectivity index (χ4n) is 4.78. The van der Waals surface area contributed by atoms with Crippen molar-refractivity contribution in [1.82, 2.24) is 20.3 Å². The molecule has 2 aliphatic rings. The minimum atomic E-state index is 0.535. The van der Waals surface area contributed by atoms with Gasteiger partial charge in [0.25, 0.3) is 0 Å². The number of nitrogens with one attached hydrogen (secondary N) is 2. The highest BCUT2D eigenvalue weighted by atomic mass is 15.2. The summed E-state index contributed by atoms with van der Waals surface area (Å²) in [7, 11) is 0. The van der Waals surface area contributed by atoms with E-state index in [0.29, 0.717) is 6.04 Å². The summed E-state index contributed by atoms with van der Waals surface area (Å²) in [6, 6.07) is 6.87. The topological polar surface area (TPSA) is 66.0 Å². The Hall–Kier alpha value is -2.73. The Labute approximate surface area is 178 Å². The number of pyridine rings is 3. The summed E-state index contributed by atoms with van der Waals surface area (Å²) < 4.78 is 0. The standard InChI is InChI=1S/C24H30N6/c1-17-21-16-26-9-8-20(21)24(30-13-11-25-12-14-30)29-23(17)18-7-10-27-22(15-18)28-19-5-3-2-4-6-19/h7-10,15-16,19,25H,2-6,11-14H2,1H3,(H,27,28). The summed E-state index contributed by atoms with van der Waals surface area (Å²) in [5, 5.41) is 9.45. The van der Waals surface area contributed by atoms with Crippen LogP contribution in [0.5, 0.6) is 0 Å². The Kier molecular flexibility index (Phi) is 5.49. The van der Waals surface area contributed by atoms with E-state index in [9.17, 15) is 0 Å². The third kappa shape index (κ3) is 3.84. The molecule has 3 aromatic rings. The van der Waals surface area contributed by atoms with E-state index in [2.05, 4.69) is 50.6 Å². The van der Waals surface area contributed by atoms with Crippen molar-refractivity contribution >= 4 is 22.4 Å². The molecule has 6 heteroatoms. The third-order valence-corrected chi connectivity index (χ3v) is 6.45. The first kappa shape index (κ1) is 19.2. The van der Waals surface area contributed by atoms with Gasteiger partial charge in [-0.25, -0.2) is 9.97 Å². The van der Waals surface area contributed by atoms with Gasteiger partial charge < -0.3 is 15.5 Å². The van der Waals surface area contributed by atoms with Crippen LogP contribution < -0.4 is 15.5 Å². The monoisotopic (exact) mass is 402 g/mol. The van der Waals surface area contributed by atoms with Crippen molar-refractivity contribution in [2.75, 3.05) is 36.4 Å². The maximum atomic E-state index is 5.20. The Morgan fingerprint density at radius 3 is 2.70 bits per heavy atom. The first-order valence-corrected chi connectivity index (χ1v) is 11.2. The number of aromatic nitrogens is 3. The Morgan fingerprint density at radius 2 is 1.87 bits per heavy atom. The van der Waals surface area contributed by atoms with Crippen LogP contribution in [0.25, 0.3) is 22.0 Å². The quantitative estimate of drug-likeness (QED) is 0.683. The summed E-state index contributed by atoms with van der Waals surface area (Å²) in [5.74, 6) is 2.02. The van der Waals surface area contributed by atoms with E-state index in [1.807, 2.05) is 18.6 Å². The minimum absolute atomic E-state index is 0.535. The molecule has 30 heavy (non-hydrogen) atoms. The van der Waals surface area contributed by atoms with Crippen LogP contribution in [0.2, 0.25) is 0 Å². The second-order valence-electron chi connectivity index (χ2n) is 8.48. The molecular formula is C24H30N6. The molecule has 1 aliphatic carbocycles. The van der Waals surface area contributed by atoms with Gasteiger partial charge in [-0.3, -0.25) is 4.98 Å². The molecule has 156 valence electrons. The maximum absolute atomic E-state index is 5.20. The summed E-state index contributed by atoms with van der Waals surface area (Å²) in [5.41, 5.74) is 3.31. The lowest BCUT2D eigenvalue weighted by molar-refractivity contribution is 0.462. The first-order chi connectivity index (χ1) is 14.8. The Bertz CT molecular complexity index is 1020. The highest BCUT2D eigenvalue weighted by Crippen LogP contribution is 2.34. The molecular weight excluding hydrogens is 372 g/mol. The molecule has 4 heterocycles. The van der Waals surface area contributed by atoms with Gasteiger partial charge in [-0.1, -0.05) is 19.3 Å². The maximum Gasteiger partial charge on any atom is 0.137 e. The fraction of sp³-hybridized carbons (Fsp3) is 0.458. The number of nitrogens with zero attached hydrogens (tertiary/aromatic N) is 4. The number of hydrogen-bond donors (Lipinski definition) is 2. The van der Waals surface area contributed by atoms with E-state index in [0.717, 1.165) is 49.1 Å². The van der Waals surface area contributed by atoms with Crippen LogP contribution in [-0.4, -0.2) is 47.2 Å². The largest absolute Gasteiger partial charge is 0.367 e. The molecule has 0 radical (unpaired) electrons. The lowest BCUT2D eigenvalue weighted by Crippen LogP contribution is -2.44. The van der Waals surface area contributed by atoms with Crippen molar-refractivity contribution in [2.24, 2.45) is 0 Å². The van der Waals surface area contributed by atoms with Crippen LogP contribution >= 0.6 is 0 Å². The van der Waals surface area contributed by atoms with E-state index < -0.39 is 0 Å². The second-order valence-corrected chi connectivity index (χ2v) is 8.48. The van der Waals surface area contributed by atoms with E-state index in [1.54, 1.807) is 0 Å². The van der Waals surface area contributed by atoms with Crippen molar-refractivity contribution < 1.29 is 0 Å². The molecule has 5 rings (SSSR count). The molecule has 0 amide bonds. The van der Waals surface area contributed by atoms with Gasteiger partial charge in [0, 0.05) is 67.1 Å². The average molecular weight is 403 g/mol. The lowest BCUT2D eigenvalue weighted by Gasteiger charge is -2.30. The van der Waals surface area contributed by atoms with Gasteiger partial charge in [-0.05, 0) is 43.5 Å². The fourth-order valence-corrected chi connectivity index (χ4v) is 4.78. The Morgan fingerprint density at radius 1 is 1.03 bits per heavy atom. The van der Waals surface area contributed by atoms with Crippen LogP contribution in [-0.2, 0) is 0 Å². The van der Waals surface area contributed by atoms with Gasteiger partial charge in [0.1, 0.15) is 11.6 Å². The smallest absolute Gasteiger partial charge is 0.137 e. The zero-order chi connectivity index (χ0) is 20.3. The van der Waals surface area contributed by atoms with Crippen LogP contribution in [0, 0.1) is 6.92 Å². The van der Waals surface area contributed by atoms with E-state index in [-0.39, 0.29) is 0 Å². The predicted octanol–water partition coefficient (Wildman–Crippen LogP) is 4.15. The molecule has 0 unspecified atom stereocenters. The molecule has 3 aromatic heterocycles. The molecule has 1 saturated carbocycles. The van der Waals surface area contributed by atoms with Crippen LogP contribution in [0.15, 0.2) is 36.8 Å². The van der Waals surface area contributed by atoms with Gasteiger partial charge in [0.05, 0.1) is 5.69 Å². The zero-order valence-corrected chi connectivity index (χ0v) is 17.7. The summed E-state index contributed by atoms with van der Waals surface area (Å²) in [6.45, 7) is 6.07. The molecule has 0 spiro atoms. The van der Waals surface area contributed by atoms with Crippen molar-refractivity contribution in [3.63, 3.8) is 0 Å². The van der Waals surface area contributed by atoms with Crippen molar-refractivity contribution in [3.8, 4) is 11.3 Å². The number of hydrogen-bond acceptors (Lipinski definition) is 6. The number of anilines is 2. The molecule has 0 atom stereocenters. The van der Waals surface area contributed by atoms with Crippen molar-refractivity contribution in [3.05, 3.63) is 42.4 Å². The molecule has 2 N–H and O–H groups in total. The number of fused-ring (bicyclic) bond motifs is 1. The van der Waals surface area contributed by atoms with Crippen LogP contribution in [0.4, 0.5) is 11.6 Å². The van der Waals surface area contributed by atoms with Crippen molar-refractivity contribution in [2.45, 2.75) is 45.1 Å².